The summed E-state index contributed by atoms with van der Waals surface area (Å²) in [7, 11) is -3.05. The zero-order valence-corrected chi connectivity index (χ0v) is 87.4. The molecule has 4 saturated carbocycles. The number of thiazole rings is 1. The molecule has 7 heterocycles. The van der Waals surface area contributed by atoms with Gasteiger partial charge in [-0.05, 0) is 159 Å². The Bertz CT molecular complexity index is 5780. The number of aliphatic hydroxyl groups is 3. The van der Waals surface area contributed by atoms with Gasteiger partial charge < -0.3 is 122 Å². The number of aromatic carboxylic acids is 1. The van der Waals surface area contributed by atoms with Crippen LogP contribution in [0.25, 0.3) is 21.3 Å². The van der Waals surface area contributed by atoms with Gasteiger partial charge in [0.05, 0.1) is 218 Å². The summed E-state index contributed by atoms with van der Waals surface area (Å²) < 4.78 is 124. The number of hydrogen-bond acceptors (Lipinski definition) is 36. The molecule has 7 aliphatic rings. The lowest BCUT2D eigenvalue weighted by atomic mass is 9.39. The molecule has 5 fully saturated rings. The van der Waals surface area contributed by atoms with Crippen LogP contribution in [0.15, 0.2) is 97.3 Å². The minimum absolute atomic E-state index is 0.0784. The van der Waals surface area contributed by atoms with Crippen molar-refractivity contribution in [1.82, 2.24) is 55.2 Å². The number of carboxylic acids is 2. The second kappa shape index (κ2) is 55.6. The van der Waals surface area contributed by atoms with Gasteiger partial charge in [-0.3, -0.25) is 48.2 Å². The molecule has 7 amide bonds. The van der Waals surface area contributed by atoms with Crippen LogP contribution < -0.4 is 26.2 Å². The smallest absolute Gasteiger partial charge is 0.410 e. The first-order valence-corrected chi connectivity index (χ1v) is 53.0. The molecule has 46 nitrogen and oxygen atoms in total. The molecule has 48 heteroatoms. The zero-order valence-electron chi connectivity index (χ0n) is 85.7. The van der Waals surface area contributed by atoms with Crippen molar-refractivity contribution < 1.29 is 153 Å². The van der Waals surface area contributed by atoms with Crippen molar-refractivity contribution in [2.24, 2.45) is 22.2 Å². The Hall–Kier alpha value is -10.9. The lowest BCUT2D eigenvalue weighted by molar-refractivity contribution is -0.248. The van der Waals surface area contributed by atoms with Gasteiger partial charge in [0.2, 0.25) is 17.7 Å². The number of nitrogens with one attached hydrogen (secondary N) is 4. The Morgan fingerprint density at radius 3 is 1.82 bits per heavy atom. The minimum atomic E-state index is -4.67. The highest BCUT2D eigenvalue weighted by molar-refractivity contribution is 7.85. The third kappa shape index (κ3) is 33.0. The summed E-state index contributed by atoms with van der Waals surface area (Å²) in [4.78, 5) is 136. The number of rotatable bonds is 66. The number of aliphatic carboxylic acids is 1. The predicted octanol–water partition coefficient (Wildman–Crippen LogP) is 5.97. The van der Waals surface area contributed by atoms with Gasteiger partial charge in [0.1, 0.15) is 48.5 Å². The standard InChI is InChI=1S/C102H140N14O32S2/c1-66(2)86(108-83(117)54-79(116-84(118)21-22-85(116)119)78-57-114(111-110-78)26-28-135-32-33-137-36-37-139-40-41-141-44-45-143-48-49-145-51-50-144-47-46-142-43-42-140-39-38-138-35-34-136-31-30-134-7)94(125)104-67(3)92(123)105-72-17-15-71(70(53-72)16-19-80-88(120)89(121)90(122)91(148-80)96(128)129)58-146-98(130)112(27-52-150(131,132)133)25-29-147-102-62-99(5)59-100(6,63-102)61-101(60-99,64-102)65-115-68(4)75(55-103-115)73-18-20-82(107-87(73)95(126)127)113-24-23-69-11-10-12-74(76(69)56-113)93(124)109-97-106-77-13-8-9-14-81(77)149-97/h8-15,17-18,20-22,53,55,57,66-67,79-80,86,88-91,120-122H,16,19,23-52,54,56,58-65H2,1-7H3,(H,104,125)(H,105,123)(H,108,117)(H,126,127)(H,128,129)(H,106,109,124)(H,131,132,133)/t67-,79+,80-,86-,88-,89+,90-,91-,99?,100?,101?,102?/m0/s1. The fraction of sp³-hybridized carbons (Fsp3) is 0.608. The molecule has 822 valence electrons. The molecule has 14 rings (SSSR count). The normalized spacial score (nSPS) is 21.5. The molecule has 10 N–H and O–H groups in total. The summed E-state index contributed by atoms with van der Waals surface area (Å²) in [5.74, 6) is -8.01. The van der Waals surface area contributed by atoms with E-state index in [1.807, 2.05) is 52.9 Å². The number of aliphatic hydroxyl groups excluding tert-OH is 3. The Labute approximate surface area is 873 Å². The maximum Gasteiger partial charge on any atom is 0.410 e. The maximum atomic E-state index is 14.5. The topological polar surface area (TPSA) is 580 Å². The van der Waals surface area contributed by atoms with Crippen LogP contribution in [-0.2, 0) is 149 Å². The van der Waals surface area contributed by atoms with E-state index in [2.05, 4.69) is 50.4 Å². The van der Waals surface area contributed by atoms with Gasteiger partial charge in [0.15, 0.2) is 16.9 Å². The number of carbonyl (C=O) groups excluding carboxylic acids is 7. The van der Waals surface area contributed by atoms with Crippen LogP contribution in [0.4, 0.5) is 21.4 Å². The average molecular weight is 2140 g/mol. The van der Waals surface area contributed by atoms with Crippen molar-refractivity contribution in [2.75, 3.05) is 207 Å². The first-order valence-electron chi connectivity index (χ1n) is 50.6. The number of aryl methyl sites for hydroxylation is 1. The number of nitrogens with zero attached hydrogens (tertiary/aromatic N) is 10. The van der Waals surface area contributed by atoms with E-state index in [1.54, 1.807) is 45.4 Å². The molecule has 3 aromatic carbocycles. The number of amides is 7. The zero-order chi connectivity index (χ0) is 107. The molecule has 0 radical (unpaired) electrons. The van der Waals surface area contributed by atoms with E-state index in [9.17, 15) is 81.7 Å². The van der Waals surface area contributed by atoms with Crippen molar-refractivity contribution in [2.45, 2.75) is 186 Å². The molecule has 4 aromatic heterocycles. The maximum absolute atomic E-state index is 14.5. The summed E-state index contributed by atoms with van der Waals surface area (Å²) in [6.45, 7) is 20.5. The number of methoxy groups -OCH3 is 1. The summed E-state index contributed by atoms with van der Waals surface area (Å²) in [5.41, 5.74) is 3.81. The highest BCUT2D eigenvalue weighted by atomic mass is 32.2. The van der Waals surface area contributed by atoms with E-state index in [0.717, 1.165) is 68.3 Å². The molecule has 150 heavy (non-hydrogen) atoms. The lowest BCUT2D eigenvalue weighted by Crippen LogP contribution is -2.64. The highest BCUT2D eigenvalue weighted by Crippen LogP contribution is 2.72. The van der Waals surface area contributed by atoms with Crippen molar-refractivity contribution in [3.63, 3.8) is 0 Å². The Kier molecular flexibility index (Phi) is 43.0. The number of ether oxygens (including phenoxy) is 15. The Morgan fingerprint density at radius 1 is 0.640 bits per heavy atom. The summed E-state index contributed by atoms with van der Waals surface area (Å²) in [6, 6.07) is 17.3. The molecule has 0 spiro atoms. The van der Waals surface area contributed by atoms with E-state index in [0.29, 0.717) is 211 Å². The first-order chi connectivity index (χ1) is 72.0. The number of benzene rings is 3. The molecule has 4 bridgehead atoms. The molecule has 7 aromatic rings. The summed E-state index contributed by atoms with van der Waals surface area (Å²) >= 11 is 1.38. The van der Waals surface area contributed by atoms with E-state index in [-0.39, 0.29) is 97.1 Å². The van der Waals surface area contributed by atoms with E-state index < -0.39 is 143 Å². The van der Waals surface area contributed by atoms with Crippen LogP contribution in [0.2, 0.25) is 0 Å². The van der Waals surface area contributed by atoms with Gasteiger partial charge in [-0.2, -0.15) is 13.5 Å². The molecule has 2 unspecified atom stereocenters. The minimum Gasteiger partial charge on any atom is -0.479 e. The van der Waals surface area contributed by atoms with Crippen LogP contribution >= 0.6 is 11.3 Å². The molecular formula is C102H140N14O32S2. The number of fused-ring (bicyclic) bond motifs is 2. The van der Waals surface area contributed by atoms with Crippen molar-refractivity contribution in [3.05, 3.63) is 142 Å². The van der Waals surface area contributed by atoms with Crippen molar-refractivity contribution in [1.29, 1.82) is 0 Å². The van der Waals surface area contributed by atoms with Crippen LogP contribution in [-0.4, -0.2) is 376 Å². The fourth-order valence-electron chi connectivity index (χ4n) is 21.1. The highest BCUT2D eigenvalue weighted by Gasteiger charge is 2.66. The van der Waals surface area contributed by atoms with Gasteiger partial charge in [0, 0.05) is 80.1 Å². The Morgan fingerprint density at radius 2 is 1.24 bits per heavy atom. The van der Waals surface area contributed by atoms with E-state index in [1.165, 1.54) is 47.3 Å². The summed E-state index contributed by atoms with van der Waals surface area (Å²) in [6.07, 6.45) is -0.720. The van der Waals surface area contributed by atoms with Gasteiger partial charge in [-0.15, -0.1) is 5.10 Å². The molecule has 4 aliphatic carbocycles. The van der Waals surface area contributed by atoms with Crippen molar-refractivity contribution >= 4 is 102 Å². The first kappa shape index (κ1) is 116. The monoisotopic (exact) mass is 2140 g/mol. The number of anilines is 3. The number of para-hydroxylation sites is 1. The lowest BCUT2D eigenvalue weighted by Gasteiger charge is -2.69. The third-order valence-corrected chi connectivity index (χ3v) is 28.8. The van der Waals surface area contributed by atoms with Crippen LogP contribution in [0, 0.1) is 29.1 Å². The fourth-order valence-corrected chi connectivity index (χ4v) is 22.4. The number of pyridine rings is 1. The number of aromatic nitrogens is 7. The van der Waals surface area contributed by atoms with Crippen LogP contribution in [0.3, 0.4) is 0 Å². The summed E-state index contributed by atoms with van der Waals surface area (Å²) in [5, 5.41) is 78.0. The third-order valence-electron chi connectivity index (χ3n) is 27.2. The number of carboxylic acid groups (broad SMARTS) is 2. The predicted molar refractivity (Wildman–Crippen MR) is 540 cm³/mol. The largest absolute Gasteiger partial charge is 0.479 e. The molecule has 1 saturated heterocycles. The number of imide groups is 1. The van der Waals surface area contributed by atoms with E-state index >= 15 is 0 Å². The molecular weight excluding hydrogens is 2000 g/mol. The second-order valence-electron chi connectivity index (χ2n) is 39.4. The Balaban J connectivity index is 0.558. The van der Waals surface area contributed by atoms with Gasteiger partial charge in [0.25, 0.3) is 27.8 Å². The quantitative estimate of drug-likeness (QED) is 0.0119. The van der Waals surface area contributed by atoms with Gasteiger partial charge in [-0.1, -0.05) is 74.6 Å². The van der Waals surface area contributed by atoms with Gasteiger partial charge in [-0.25, -0.2) is 29.0 Å². The van der Waals surface area contributed by atoms with E-state index in [4.69, 9.17) is 81.1 Å². The van der Waals surface area contributed by atoms with Gasteiger partial charge >= 0.3 is 18.0 Å². The average Bonchev–Trinajstić information content (AvgIpc) is 0.950. The number of carbonyl (C=O) groups is 9. The SMILES string of the molecule is COCCOCCOCCOCCOCCOCCOCCOCCOCCOCCOCCOCCn1cc([C@@H](CC(=O)N[C@H](C(=O)N[C@@H](C)C(=O)Nc2ccc(COC(=O)N(CCOC34CC5(C)CC(C)(CC(Cn6ncc(-c7ccc(N8CCc9cccc(C(=O)Nc%10nc%11ccccc%11s%10)c9C8)nc7C(=O)O)c6C)(C5)C3)C4)CCS(=O)(=O)O)c(CC[C@@H]3O[C@H](C(=O)O)[C@@H](O)[C@H](O)[C@H]3O)c2)C(C)C)N2C(=O)C=CC2=O)nn1. The van der Waals surface area contributed by atoms with Crippen LogP contribution in [0.1, 0.15) is 147 Å². The van der Waals surface area contributed by atoms with Crippen molar-refractivity contribution in [3.8, 4) is 11.1 Å². The molecule has 10 atom stereocenters. The second-order valence-corrected chi connectivity index (χ2v) is 42.0. The number of hydrogen-bond donors (Lipinski definition) is 10. The van der Waals surface area contributed by atoms with Crippen LogP contribution in [0.5, 0.6) is 0 Å². The molecule has 3 aliphatic heterocycles.